The lowest BCUT2D eigenvalue weighted by molar-refractivity contribution is -0.138. The minimum Gasteiger partial charge on any atom is -0.507 e. The molecule has 0 aromatic heterocycles. The quantitative estimate of drug-likeness (QED) is 0.212. The van der Waals surface area contributed by atoms with Crippen LogP contribution in [0.3, 0.4) is 0 Å². The Morgan fingerprint density at radius 2 is 0.976 bits per heavy atom. The standard InChI is InChI=1S/2C14H20O3.C4H10O3/c2*1-9-7-10(5-6-12(15)16)8-11(13(9)17)14(2,3)4;5-1-3-7-4-2-6/h2*7-8,17H,5-6H2,1-4H3,(H,15,16);5-6H,1-4H2. The van der Waals surface area contributed by atoms with Crippen molar-refractivity contribution in [1.29, 1.82) is 0 Å². The average Bonchev–Trinajstić information content (AvgIpc) is 2.85. The van der Waals surface area contributed by atoms with E-state index in [0.717, 1.165) is 33.4 Å². The van der Waals surface area contributed by atoms with Gasteiger partial charge in [-0.2, -0.15) is 0 Å². The molecule has 41 heavy (non-hydrogen) atoms. The third-order valence-corrected chi connectivity index (χ3v) is 6.06. The van der Waals surface area contributed by atoms with Gasteiger partial charge < -0.3 is 35.4 Å². The first-order chi connectivity index (χ1) is 18.8. The Morgan fingerprint density at radius 1 is 0.659 bits per heavy atom. The first-order valence-electron chi connectivity index (χ1n) is 13.7. The van der Waals surface area contributed by atoms with Crippen LogP contribution in [-0.4, -0.2) is 69.0 Å². The second kappa shape index (κ2) is 17.6. The van der Waals surface area contributed by atoms with E-state index in [0.29, 0.717) is 37.6 Å². The highest BCUT2D eigenvalue weighted by Gasteiger charge is 2.21. The average molecular weight is 579 g/mol. The molecule has 9 heteroatoms. The fraction of sp³-hybridized carbons (Fsp3) is 0.562. The van der Waals surface area contributed by atoms with E-state index in [1.165, 1.54) is 0 Å². The van der Waals surface area contributed by atoms with Gasteiger partial charge in [-0.15, -0.1) is 0 Å². The number of rotatable bonds is 10. The van der Waals surface area contributed by atoms with Crippen LogP contribution in [0, 0.1) is 13.8 Å². The summed E-state index contributed by atoms with van der Waals surface area (Å²) in [5.74, 6) is -0.964. The Balaban J connectivity index is 0.000000637. The summed E-state index contributed by atoms with van der Waals surface area (Å²) in [6, 6.07) is 7.53. The first-order valence-corrected chi connectivity index (χ1v) is 13.7. The number of phenolic OH excluding ortho intramolecular Hbond substituents is 2. The SMILES string of the molecule is Cc1cc(CCC(=O)O)cc(C(C)(C)C)c1O.Cc1cc(CCC(=O)O)cc(C(C)(C)C)c1O.OCCOCCO. The monoisotopic (exact) mass is 578 g/mol. The molecule has 0 radical (unpaired) electrons. The molecule has 0 aliphatic carbocycles. The van der Waals surface area contributed by atoms with Crippen LogP contribution in [0.4, 0.5) is 0 Å². The molecule has 0 bridgehead atoms. The fourth-order valence-corrected chi connectivity index (χ4v) is 3.87. The molecule has 0 aliphatic rings. The highest BCUT2D eigenvalue weighted by molar-refractivity contribution is 5.67. The van der Waals surface area contributed by atoms with Gasteiger partial charge in [-0.05, 0) is 70.9 Å². The summed E-state index contributed by atoms with van der Waals surface area (Å²) in [5, 5.41) is 53.6. The summed E-state index contributed by atoms with van der Waals surface area (Å²) in [6.07, 6.45) is 1.24. The summed E-state index contributed by atoms with van der Waals surface area (Å²) >= 11 is 0. The van der Waals surface area contributed by atoms with E-state index in [1.807, 2.05) is 79.7 Å². The van der Waals surface area contributed by atoms with Crippen LogP contribution in [0.2, 0.25) is 0 Å². The van der Waals surface area contributed by atoms with Crippen LogP contribution in [0.15, 0.2) is 24.3 Å². The number of phenols is 2. The Morgan fingerprint density at radius 3 is 1.22 bits per heavy atom. The van der Waals surface area contributed by atoms with E-state index in [1.54, 1.807) is 0 Å². The number of carboxylic acids is 2. The van der Waals surface area contributed by atoms with Gasteiger partial charge in [0.25, 0.3) is 0 Å². The molecule has 0 saturated carbocycles. The van der Waals surface area contributed by atoms with E-state index in [-0.39, 0.29) is 36.9 Å². The largest absolute Gasteiger partial charge is 0.507 e. The van der Waals surface area contributed by atoms with Crippen molar-refractivity contribution in [3.05, 3.63) is 57.6 Å². The molecule has 0 fully saturated rings. The third-order valence-electron chi connectivity index (χ3n) is 6.06. The summed E-state index contributed by atoms with van der Waals surface area (Å²) < 4.78 is 4.63. The topological polar surface area (TPSA) is 165 Å². The maximum atomic E-state index is 10.6. The van der Waals surface area contributed by atoms with Gasteiger partial charge in [0, 0.05) is 12.8 Å². The Hall–Kier alpha value is -3.14. The molecule has 0 spiro atoms. The lowest BCUT2D eigenvalue weighted by atomic mass is 9.83. The number of ether oxygens (including phenoxy) is 1. The fourth-order valence-electron chi connectivity index (χ4n) is 3.87. The molecule has 9 nitrogen and oxygen atoms in total. The van der Waals surface area contributed by atoms with Crippen LogP contribution in [0.5, 0.6) is 11.5 Å². The molecule has 0 heterocycles. The summed E-state index contributed by atoms with van der Waals surface area (Å²) in [5.41, 5.74) is 4.99. The number of aromatic hydroxyl groups is 2. The molecule has 2 rings (SSSR count). The predicted octanol–water partition coefficient (Wildman–Crippen LogP) is 5.02. The maximum Gasteiger partial charge on any atom is 0.303 e. The molecular weight excluding hydrogens is 528 g/mol. The molecule has 232 valence electrons. The number of aryl methyl sites for hydroxylation is 4. The zero-order valence-electron chi connectivity index (χ0n) is 25.9. The lowest BCUT2D eigenvalue weighted by Crippen LogP contribution is -2.12. The van der Waals surface area contributed by atoms with Crippen molar-refractivity contribution in [3.8, 4) is 11.5 Å². The summed E-state index contributed by atoms with van der Waals surface area (Å²) in [7, 11) is 0. The van der Waals surface area contributed by atoms with Crippen molar-refractivity contribution in [2.45, 2.75) is 91.9 Å². The van der Waals surface area contributed by atoms with Crippen molar-refractivity contribution < 1.29 is 45.0 Å². The van der Waals surface area contributed by atoms with Gasteiger partial charge in [0.2, 0.25) is 0 Å². The van der Waals surface area contributed by atoms with Crippen LogP contribution < -0.4 is 0 Å². The highest BCUT2D eigenvalue weighted by atomic mass is 16.5. The molecule has 0 saturated heterocycles. The van der Waals surface area contributed by atoms with Crippen molar-refractivity contribution in [2.24, 2.45) is 0 Å². The minimum absolute atomic E-state index is 0.0278. The summed E-state index contributed by atoms with van der Waals surface area (Å²) in [6.45, 7) is 16.6. The number of hydrogen-bond donors (Lipinski definition) is 6. The van der Waals surface area contributed by atoms with Crippen molar-refractivity contribution in [2.75, 3.05) is 26.4 Å². The van der Waals surface area contributed by atoms with E-state index < -0.39 is 11.9 Å². The smallest absolute Gasteiger partial charge is 0.303 e. The number of benzene rings is 2. The number of hydrogen-bond acceptors (Lipinski definition) is 7. The molecule has 6 N–H and O–H groups in total. The van der Waals surface area contributed by atoms with Crippen LogP contribution in [-0.2, 0) is 38.0 Å². The molecular formula is C32H50O9. The minimum atomic E-state index is -0.798. The van der Waals surface area contributed by atoms with Crippen LogP contribution >= 0.6 is 0 Å². The third kappa shape index (κ3) is 14.9. The van der Waals surface area contributed by atoms with Crippen LogP contribution in [0.25, 0.3) is 0 Å². The van der Waals surface area contributed by atoms with E-state index in [2.05, 4.69) is 4.74 Å². The molecule has 0 aliphatic heterocycles. The van der Waals surface area contributed by atoms with Crippen LogP contribution in [0.1, 0.15) is 87.8 Å². The van der Waals surface area contributed by atoms with Gasteiger partial charge in [-0.1, -0.05) is 65.8 Å². The number of carbonyl (C=O) groups is 2. The van der Waals surface area contributed by atoms with E-state index >= 15 is 0 Å². The van der Waals surface area contributed by atoms with Crippen molar-refractivity contribution >= 4 is 11.9 Å². The second-order valence-electron chi connectivity index (χ2n) is 12.0. The van der Waals surface area contributed by atoms with Gasteiger partial charge in [0.1, 0.15) is 11.5 Å². The zero-order valence-corrected chi connectivity index (χ0v) is 25.9. The molecule has 2 aromatic carbocycles. The number of aliphatic carboxylic acids is 2. The van der Waals surface area contributed by atoms with Gasteiger partial charge in [-0.25, -0.2) is 0 Å². The second-order valence-corrected chi connectivity index (χ2v) is 12.0. The summed E-state index contributed by atoms with van der Waals surface area (Å²) in [4.78, 5) is 21.1. The predicted molar refractivity (Wildman–Crippen MR) is 160 cm³/mol. The van der Waals surface area contributed by atoms with Gasteiger partial charge in [0.05, 0.1) is 26.4 Å². The normalized spacial score (nSPS) is 11.2. The van der Waals surface area contributed by atoms with Crippen molar-refractivity contribution in [3.63, 3.8) is 0 Å². The Labute approximate surface area is 244 Å². The van der Waals surface area contributed by atoms with E-state index in [4.69, 9.17) is 20.4 Å². The molecule has 0 unspecified atom stereocenters. The Kier molecular flexibility index (Phi) is 16.3. The zero-order chi connectivity index (χ0) is 32.0. The Bertz CT molecular complexity index is 1020. The first kappa shape index (κ1) is 37.9. The maximum absolute atomic E-state index is 10.6. The van der Waals surface area contributed by atoms with Gasteiger partial charge in [-0.3, -0.25) is 9.59 Å². The lowest BCUT2D eigenvalue weighted by Gasteiger charge is -2.22. The number of carboxylic acid groups (broad SMARTS) is 2. The molecule has 2 aromatic rings. The van der Waals surface area contributed by atoms with Crippen molar-refractivity contribution in [1.82, 2.24) is 0 Å². The molecule has 0 amide bonds. The van der Waals surface area contributed by atoms with Gasteiger partial charge >= 0.3 is 11.9 Å². The van der Waals surface area contributed by atoms with Gasteiger partial charge in [0.15, 0.2) is 0 Å². The van der Waals surface area contributed by atoms with E-state index in [9.17, 15) is 19.8 Å². The molecule has 0 atom stereocenters. The highest BCUT2D eigenvalue weighted by Crippen LogP contribution is 2.35. The number of aliphatic hydroxyl groups excluding tert-OH is 2. The number of aliphatic hydroxyl groups is 2.